The lowest BCUT2D eigenvalue weighted by Crippen LogP contribution is -2.45. The van der Waals surface area contributed by atoms with E-state index in [4.69, 9.17) is 4.74 Å². The van der Waals surface area contributed by atoms with E-state index in [2.05, 4.69) is 10.6 Å². The molecule has 2 saturated heterocycles. The minimum atomic E-state index is -0.385. The van der Waals surface area contributed by atoms with Gasteiger partial charge in [0.25, 0.3) is 0 Å². The number of carbonyl (C=O) groups excluding carboxylic acids is 2. The van der Waals surface area contributed by atoms with Crippen molar-refractivity contribution in [2.75, 3.05) is 24.5 Å². The highest BCUT2D eigenvalue weighted by molar-refractivity contribution is 6.05. The fraction of sp³-hybridized carbons (Fsp3) is 0.529. The van der Waals surface area contributed by atoms with Gasteiger partial charge in [-0.2, -0.15) is 0 Å². The van der Waals surface area contributed by atoms with Crippen LogP contribution < -0.4 is 15.5 Å². The maximum atomic E-state index is 13.1. The number of fused-ring (bicyclic) bond motifs is 1. The third-order valence-corrected chi connectivity index (χ3v) is 5.03. The molecule has 2 atom stereocenters. The van der Waals surface area contributed by atoms with Crippen LogP contribution in [0.3, 0.4) is 0 Å². The van der Waals surface area contributed by atoms with Crippen molar-refractivity contribution in [3.8, 4) is 0 Å². The number of hydrogen-bond acceptors (Lipinski definition) is 4. The molecular weight excluding hydrogens is 294 g/mol. The van der Waals surface area contributed by atoms with E-state index in [0.717, 1.165) is 37.2 Å². The zero-order valence-electron chi connectivity index (χ0n) is 13.0. The van der Waals surface area contributed by atoms with Gasteiger partial charge in [0, 0.05) is 18.2 Å². The van der Waals surface area contributed by atoms with Crippen LogP contribution in [0.1, 0.15) is 30.7 Å². The van der Waals surface area contributed by atoms with Crippen molar-refractivity contribution in [2.24, 2.45) is 0 Å². The van der Waals surface area contributed by atoms with Crippen LogP contribution in [0.5, 0.6) is 0 Å². The number of cyclic esters (lactones) is 1. The summed E-state index contributed by atoms with van der Waals surface area (Å²) in [6.07, 6.45) is 1.90. The first-order valence-electron chi connectivity index (χ1n) is 8.31. The van der Waals surface area contributed by atoms with Crippen molar-refractivity contribution in [2.45, 2.75) is 37.3 Å². The van der Waals surface area contributed by atoms with Gasteiger partial charge in [-0.3, -0.25) is 4.79 Å². The Bertz CT molecular complexity index is 627. The van der Waals surface area contributed by atoms with Crippen LogP contribution in [-0.4, -0.2) is 43.8 Å². The number of nitrogens with zero attached hydrogens (tertiary/aromatic N) is 1. The monoisotopic (exact) mass is 315 g/mol. The fourth-order valence-corrected chi connectivity index (χ4v) is 3.92. The normalized spacial score (nSPS) is 27.7. The molecular formula is C17H21N3O3. The summed E-state index contributed by atoms with van der Waals surface area (Å²) in [6.45, 7) is 2.38. The predicted molar refractivity (Wildman–Crippen MR) is 85.4 cm³/mol. The van der Waals surface area contributed by atoms with E-state index in [9.17, 15) is 9.59 Å². The van der Waals surface area contributed by atoms with Crippen molar-refractivity contribution in [1.82, 2.24) is 10.6 Å². The molecule has 122 valence electrons. The molecule has 4 rings (SSSR count). The van der Waals surface area contributed by atoms with Crippen LogP contribution in [0.4, 0.5) is 10.5 Å². The molecule has 3 aliphatic rings. The number of alkyl carbamates (subject to hydrolysis) is 1. The van der Waals surface area contributed by atoms with E-state index in [-0.39, 0.29) is 30.1 Å². The summed E-state index contributed by atoms with van der Waals surface area (Å²) in [5, 5.41) is 6.01. The smallest absolute Gasteiger partial charge is 0.407 e. The zero-order valence-corrected chi connectivity index (χ0v) is 13.0. The highest BCUT2D eigenvalue weighted by Crippen LogP contribution is 2.42. The maximum Gasteiger partial charge on any atom is 0.407 e. The summed E-state index contributed by atoms with van der Waals surface area (Å²) < 4.78 is 5.24. The number of amides is 2. The van der Waals surface area contributed by atoms with E-state index < -0.39 is 0 Å². The summed E-state index contributed by atoms with van der Waals surface area (Å²) in [6, 6.07) is 8.29. The zero-order chi connectivity index (χ0) is 15.8. The summed E-state index contributed by atoms with van der Waals surface area (Å²) in [7, 11) is 0. The Hall–Kier alpha value is -2.08. The Morgan fingerprint density at radius 3 is 2.70 bits per heavy atom. The molecule has 2 unspecified atom stereocenters. The molecule has 0 aliphatic carbocycles. The van der Waals surface area contributed by atoms with Gasteiger partial charge >= 0.3 is 6.09 Å². The Balaban J connectivity index is 1.60. The Labute approximate surface area is 135 Å². The van der Waals surface area contributed by atoms with Gasteiger partial charge in [0.1, 0.15) is 6.10 Å². The Morgan fingerprint density at radius 1 is 1.17 bits per heavy atom. The lowest BCUT2D eigenvalue weighted by atomic mass is 9.94. The van der Waals surface area contributed by atoms with Crippen LogP contribution in [0.25, 0.3) is 0 Å². The van der Waals surface area contributed by atoms with E-state index in [1.165, 1.54) is 0 Å². The number of ether oxygens (including phenoxy) is 1. The van der Waals surface area contributed by atoms with Gasteiger partial charge in [0.15, 0.2) is 0 Å². The SMILES string of the molecule is O=C1NCC(CC2C(=O)N(C3CCNCC3)c3ccccc32)O1. The number of carbonyl (C=O) groups is 2. The molecule has 1 aromatic carbocycles. The Morgan fingerprint density at radius 2 is 1.96 bits per heavy atom. The van der Waals surface area contributed by atoms with Crippen LogP contribution in [-0.2, 0) is 9.53 Å². The van der Waals surface area contributed by atoms with Crippen LogP contribution >= 0.6 is 0 Å². The predicted octanol–water partition coefficient (Wildman–Crippen LogP) is 1.37. The van der Waals surface area contributed by atoms with E-state index in [0.29, 0.717) is 13.0 Å². The van der Waals surface area contributed by atoms with Gasteiger partial charge in [-0.25, -0.2) is 4.79 Å². The summed E-state index contributed by atoms with van der Waals surface area (Å²) in [5.41, 5.74) is 2.10. The number of anilines is 1. The molecule has 0 spiro atoms. The first kappa shape index (κ1) is 14.5. The van der Waals surface area contributed by atoms with Gasteiger partial charge in [-0.1, -0.05) is 18.2 Å². The molecule has 0 saturated carbocycles. The minimum absolute atomic E-state index is 0.154. The number of para-hydroxylation sites is 1. The number of piperidine rings is 1. The van der Waals surface area contributed by atoms with Crippen molar-refractivity contribution in [3.05, 3.63) is 29.8 Å². The molecule has 0 radical (unpaired) electrons. The second kappa shape index (κ2) is 5.85. The van der Waals surface area contributed by atoms with Crippen molar-refractivity contribution >= 4 is 17.7 Å². The van der Waals surface area contributed by atoms with Crippen LogP contribution in [0, 0.1) is 0 Å². The molecule has 0 bridgehead atoms. The quantitative estimate of drug-likeness (QED) is 0.884. The largest absolute Gasteiger partial charge is 0.444 e. The first-order valence-corrected chi connectivity index (χ1v) is 8.31. The van der Waals surface area contributed by atoms with E-state index >= 15 is 0 Å². The maximum absolute atomic E-state index is 13.1. The standard InChI is InChI=1S/C17H21N3O3/c21-16-14(9-12-10-19-17(22)23-12)13-3-1-2-4-15(13)20(16)11-5-7-18-8-6-11/h1-4,11-12,14,18H,5-10H2,(H,19,22). The van der Waals surface area contributed by atoms with Gasteiger partial charge < -0.3 is 20.3 Å². The third kappa shape index (κ3) is 2.57. The van der Waals surface area contributed by atoms with Crippen LogP contribution in [0.2, 0.25) is 0 Å². The van der Waals surface area contributed by atoms with E-state index in [1.807, 2.05) is 29.2 Å². The summed E-state index contributed by atoms with van der Waals surface area (Å²) in [5.74, 6) is -0.0557. The minimum Gasteiger partial charge on any atom is -0.444 e. The summed E-state index contributed by atoms with van der Waals surface area (Å²) in [4.78, 5) is 26.3. The number of benzene rings is 1. The van der Waals surface area contributed by atoms with E-state index in [1.54, 1.807) is 0 Å². The second-order valence-electron chi connectivity index (χ2n) is 6.44. The highest BCUT2D eigenvalue weighted by Gasteiger charge is 2.42. The highest BCUT2D eigenvalue weighted by atomic mass is 16.6. The number of hydrogen-bond donors (Lipinski definition) is 2. The van der Waals surface area contributed by atoms with Gasteiger partial charge in [0.05, 0.1) is 12.5 Å². The molecule has 3 aliphatic heterocycles. The number of rotatable bonds is 3. The first-order chi connectivity index (χ1) is 11.2. The third-order valence-electron chi connectivity index (χ3n) is 5.03. The molecule has 6 heteroatoms. The summed E-state index contributed by atoms with van der Waals surface area (Å²) >= 11 is 0. The Kier molecular flexibility index (Phi) is 3.69. The lowest BCUT2D eigenvalue weighted by Gasteiger charge is -2.32. The molecule has 23 heavy (non-hydrogen) atoms. The topological polar surface area (TPSA) is 70.7 Å². The molecule has 1 aromatic rings. The molecule has 2 amide bonds. The van der Waals surface area contributed by atoms with Crippen LogP contribution in [0.15, 0.2) is 24.3 Å². The fourth-order valence-electron chi connectivity index (χ4n) is 3.92. The van der Waals surface area contributed by atoms with Gasteiger partial charge in [0.2, 0.25) is 5.91 Å². The second-order valence-corrected chi connectivity index (χ2v) is 6.44. The molecule has 2 fully saturated rings. The van der Waals surface area contributed by atoms with Crippen molar-refractivity contribution < 1.29 is 14.3 Å². The molecule has 6 nitrogen and oxygen atoms in total. The van der Waals surface area contributed by atoms with Crippen molar-refractivity contribution in [1.29, 1.82) is 0 Å². The van der Waals surface area contributed by atoms with Gasteiger partial charge in [-0.15, -0.1) is 0 Å². The van der Waals surface area contributed by atoms with Gasteiger partial charge in [-0.05, 0) is 37.6 Å². The molecule has 0 aromatic heterocycles. The average Bonchev–Trinajstić information content (AvgIpc) is 3.11. The number of nitrogens with one attached hydrogen (secondary N) is 2. The lowest BCUT2D eigenvalue weighted by molar-refractivity contribution is -0.120. The molecule has 3 heterocycles. The average molecular weight is 315 g/mol. The molecule has 2 N–H and O–H groups in total. The van der Waals surface area contributed by atoms with Crippen molar-refractivity contribution in [3.63, 3.8) is 0 Å².